The third kappa shape index (κ3) is 1.93. The maximum atomic E-state index is 9.34. The van der Waals surface area contributed by atoms with Crippen LogP contribution in [0.5, 0.6) is 5.75 Å². The van der Waals surface area contributed by atoms with Gasteiger partial charge in [0.15, 0.2) is 0 Å². The fourth-order valence-electron chi connectivity index (χ4n) is 2.20. The minimum atomic E-state index is 0.234. The van der Waals surface area contributed by atoms with E-state index in [9.17, 15) is 5.11 Å². The molecule has 1 aromatic heterocycles. The Morgan fingerprint density at radius 2 is 1.74 bits per heavy atom. The van der Waals surface area contributed by atoms with Gasteiger partial charge in [0.1, 0.15) is 5.75 Å². The van der Waals surface area contributed by atoms with Crippen LogP contribution in [0.25, 0.3) is 16.6 Å². The van der Waals surface area contributed by atoms with Crippen LogP contribution >= 0.6 is 0 Å². The predicted octanol–water partition coefficient (Wildman–Crippen LogP) is 3.14. The molecule has 0 bridgehead atoms. The normalized spacial score (nSPS) is 11.4. The Morgan fingerprint density at radius 1 is 1.00 bits per heavy atom. The Kier molecular flexibility index (Phi) is 2.68. The molecule has 0 fully saturated rings. The van der Waals surface area contributed by atoms with Crippen molar-refractivity contribution < 1.29 is 10.3 Å². The molecule has 2 aromatic carbocycles. The van der Waals surface area contributed by atoms with Gasteiger partial charge in [-0.3, -0.25) is 0 Å². The molecule has 0 radical (unpaired) electrons. The quantitative estimate of drug-likeness (QED) is 0.418. The molecule has 0 unspecified atom stereocenters. The van der Waals surface area contributed by atoms with Gasteiger partial charge in [0.05, 0.1) is 11.7 Å². The van der Waals surface area contributed by atoms with Crippen LogP contribution in [0, 0.1) is 0 Å². The molecule has 4 nitrogen and oxygen atoms in total. The first-order valence-corrected chi connectivity index (χ1v) is 5.86. The molecular formula is C15H12N2O2. The van der Waals surface area contributed by atoms with Crippen molar-refractivity contribution in [2.24, 2.45) is 5.16 Å². The summed E-state index contributed by atoms with van der Waals surface area (Å²) in [5.74, 6) is 0.234. The molecule has 0 saturated carbocycles. The van der Waals surface area contributed by atoms with Gasteiger partial charge in [0.2, 0.25) is 0 Å². The lowest BCUT2D eigenvalue weighted by Crippen LogP contribution is -1.90. The first kappa shape index (κ1) is 11.3. The van der Waals surface area contributed by atoms with Crippen LogP contribution in [-0.4, -0.2) is 21.1 Å². The minimum absolute atomic E-state index is 0.234. The highest BCUT2D eigenvalue weighted by atomic mass is 16.4. The third-order valence-corrected chi connectivity index (χ3v) is 3.07. The number of hydrogen-bond acceptors (Lipinski definition) is 3. The first-order chi connectivity index (χ1) is 9.29. The van der Waals surface area contributed by atoms with Crippen molar-refractivity contribution in [1.82, 2.24) is 4.57 Å². The van der Waals surface area contributed by atoms with Crippen molar-refractivity contribution >= 4 is 17.1 Å². The van der Waals surface area contributed by atoms with Crippen molar-refractivity contribution in [2.45, 2.75) is 0 Å². The van der Waals surface area contributed by atoms with Gasteiger partial charge in [-0.25, -0.2) is 0 Å². The number of aromatic nitrogens is 1. The largest absolute Gasteiger partial charge is 0.508 e. The summed E-state index contributed by atoms with van der Waals surface area (Å²) in [6, 6.07) is 14.8. The minimum Gasteiger partial charge on any atom is -0.508 e. The lowest BCUT2D eigenvalue weighted by Gasteiger charge is -2.05. The number of phenols is 1. The van der Waals surface area contributed by atoms with Crippen LogP contribution < -0.4 is 0 Å². The molecule has 0 atom stereocenters. The van der Waals surface area contributed by atoms with Crippen molar-refractivity contribution in [3.05, 3.63) is 60.3 Å². The fourth-order valence-corrected chi connectivity index (χ4v) is 2.20. The zero-order valence-corrected chi connectivity index (χ0v) is 10.1. The molecule has 0 saturated heterocycles. The molecule has 19 heavy (non-hydrogen) atoms. The molecule has 1 heterocycles. The lowest BCUT2D eigenvalue weighted by molar-refractivity contribution is 0.322. The van der Waals surface area contributed by atoms with Crippen LogP contribution in [0.15, 0.2) is 59.9 Å². The summed E-state index contributed by atoms with van der Waals surface area (Å²) in [6.07, 6.45) is 3.32. The summed E-state index contributed by atoms with van der Waals surface area (Å²) < 4.78 is 1.99. The first-order valence-electron chi connectivity index (χ1n) is 5.86. The van der Waals surface area contributed by atoms with Crippen LogP contribution in [0.2, 0.25) is 0 Å². The summed E-state index contributed by atoms with van der Waals surface area (Å²) in [5.41, 5.74) is 2.79. The molecule has 3 rings (SSSR count). The van der Waals surface area contributed by atoms with E-state index in [1.807, 2.05) is 47.2 Å². The van der Waals surface area contributed by atoms with E-state index in [0.29, 0.717) is 0 Å². The maximum absolute atomic E-state index is 9.34. The Balaban J connectivity index is 2.26. The number of benzene rings is 2. The Bertz CT molecular complexity index is 742. The van der Waals surface area contributed by atoms with Crippen LogP contribution in [0.3, 0.4) is 0 Å². The van der Waals surface area contributed by atoms with E-state index >= 15 is 0 Å². The van der Waals surface area contributed by atoms with Gasteiger partial charge < -0.3 is 14.9 Å². The Hall–Kier alpha value is -2.75. The number of fused-ring (bicyclic) bond motifs is 1. The van der Waals surface area contributed by atoms with Gasteiger partial charge in [-0.05, 0) is 30.3 Å². The zero-order valence-electron chi connectivity index (χ0n) is 10.1. The topological polar surface area (TPSA) is 57.8 Å². The second kappa shape index (κ2) is 4.49. The predicted molar refractivity (Wildman–Crippen MR) is 74.3 cm³/mol. The van der Waals surface area contributed by atoms with Crippen molar-refractivity contribution in [3.63, 3.8) is 0 Å². The van der Waals surface area contributed by atoms with Gasteiger partial charge in [-0.1, -0.05) is 23.4 Å². The average molecular weight is 252 g/mol. The molecular weight excluding hydrogens is 240 g/mol. The van der Waals surface area contributed by atoms with E-state index in [0.717, 1.165) is 22.2 Å². The highest BCUT2D eigenvalue weighted by molar-refractivity contribution is 6.00. The summed E-state index contributed by atoms with van der Waals surface area (Å²) in [7, 11) is 0. The van der Waals surface area contributed by atoms with E-state index < -0.39 is 0 Å². The summed E-state index contributed by atoms with van der Waals surface area (Å²) in [4.78, 5) is 0. The highest BCUT2D eigenvalue weighted by Crippen LogP contribution is 2.24. The van der Waals surface area contributed by atoms with E-state index in [2.05, 4.69) is 5.16 Å². The summed E-state index contributed by atoms with van der Waals surface area (Å²) in [6.45, 7) is 0. The number of rotatable bonds is 2. The van der Waals surface area contributed by atoms with Crippen LogP contribution in [0.4, 0.5) is 0 Å². The fraction of sp³-hybridized carbons (Fsp3) is 0. The molecule has 0 amide bonds. The SMILES string of the molecule is ON=Cc1cn(-c2ccc(O)cc2)c2ccccc12. The summed E-state index contributed by atoms with van der Waals surface area (Å²) >= 11 is 0. The van der Waals surface area contributed by atoms with Gasteiger partial charge in [0, 0.05) is 22.8 Å². The standard InChI is InChI=1S/C15H12N2O2/c18-13-7-5-12(6-8-13)17-10-11(9-16-19)14-3-1-2-4-15(14)17/h1-10,18-19H. The second-order valence-electron chi connectivity index (χ2n) is 4.23. The molecule has 2 N–H and O–H groups in total. The monoisotopic (exact) mass is 252 g/mol. The van der Waals surface area contributed by atoms with Crippen LogP contribution in [0.1, 0.15) is 5.56 Å². The molecule has 0 aliphatic carbocycles. The van der Waals surface area contributed by atoms with E-state index in [1.165, 1.54) is 6.21 Å². The molecule has 3 aromatic rings. The number of aromatic hydroxyl groups is 1. The van der Waals surface area contributed by atoms with Gasteiger partial charge in [-0.2, -0.15) is 0 Å². The number of oxime groups is 1. The van der Waals surface area contributed by atoms with Gasteiger partial charge in [0.25, 0.3) is 0 Å². The van der Waals surface area contributed by atoms with Gasteiger partial charge >= 0.3 is 0 Å². The molecule has 0 aliphatic rings. The molecule has 4 heteroatoms. The van der Waals surface area contributed by atoms with E-state index in [1.54, 1.807) is 12.1 Å². The maximum Gasteiger partial charge on any atom is 0.115 e. The number of hydrogen-bond donors (Lipinski definition) is 2. The van der Waals surface area contributed by atoms with Crippen LogP contribution in [-0.2, 0) is 0 Å². The Labute approximate surface area is 109 Å². The molecule has 0 aliphatic heterocycles. The lowest BCUT2D eigenvalue weighted by atomic mass is 10.2. The van der Waals surface area contributed by atoms with E-state index in [4.69, 9.17) is 5.21 Å². The molecule has 0 spiro atoms. The van der Waals surface area contributed by atoms with Crippen molar-refractivity contribution in [3.8, 4) is 11.4 Å². The molecule has 94 valence electrons. The zero-order chi connectivity index (χ0) is 13.2. The number of para-hydroxylation sites is 1. The van der Waals surface area contributed by atoms with Crippen molar-refractivity contribution in [2.75, 3.05) is 0 Å². The number of phenolic OH excluding ortho intramolecular Hbond substituents is 1. The number of nitrogens with zero attached hydrogens (tertiary/aromatic N) is 2. The highest BCUT2D eigenvalue weighted by Gasteiger charge is 2.07. The van der Waals surface area contributed by atoms with Gasteiger partial charge in [-0.15, -0.1) is 0 Å². The Morgan fingerprint density at radius 3 is 2.47 bits per heavy atom. The smallest absolute Gasteiger partial charge is 0.115 e. The average Bonchev–Trinajstić information content (AvgIpc) is 2.80. The second-order valence-corrected chi connectivity index (χ2v) is 4.23. The van der Waals surface area contributed by atoms with Crippen molar-refractivity contribution in [1.29, 1.82) is 0 Å². The summed E-state index contributed by atoms with van der Waals surface area (Å²) in [5, 5.41) is 22.2. The van der Waals surface area contributed by atoms with E-state index in [-0.39, 0.29) is 5.75 Å². The third-order valence-electron chi connectivity index (χ3n) is 3.07.